The van der Waals surface area contributed by atoms with E-state index in [4.69, 9.17) is 0 Å². The highest BCUT2D eigenvalue weighted by Gasteiger charge is 2.26. The second-order valence-electron chi connectivity index (χ2n) is 6.91. The number of nitrogens with one attached hydrogen (secondary N) is 2. The average Bonchev–Trinajstić information content (AvgIpc) is 3.13. The summed E-state index contributed by atoms with van der Waals surface area (Å²) in [4.78, 5) is 24.1. The quantitative estimate of drug-likeness (QED) is 0.642. The Balaban J connectivity index is 2.05. The predicted octanol–water partition coefficient (Wildman–Crippen LogP) is 3.26. The van der Waals surface area contributed by atoms with Crippen molar-refractivity contribution in [3.63, 3.8) is 0 Å². The van der Waals surface area contributed by atoms with Gasteiger partial charge in [0, 0.05) is 18.5 Å². The number of H-pyrrole nitrogens is 1. The maximum atomic E-state index is 12.5. The van der Waals surface area contributed by atoms with E-state index in [1.807, 2.05) is 51.1 Å². The van der Waals surface area contributed by atoms with Crippen molar-refractivity contribution in [1.82, 2.24) is 15.5 Å². The van der Waals surface area contributed by atoms with Gasteiger partial charge >= 0.3 is 5.97 Å². The Morgan fingerprint density at radius 2 is 1.88 bits per heavy atom. The summed E-state index contributed by atoms with van der Waals surface area (Å²) in [5, 5.41) is 19.0. The van der Waals surface area contributed by atoms with E-state index < -0.39 is 12.0 Å². The summed E-state index contributed by atoms with van der Waals surface area (Å²) in [6.07, 6.45) is 3.58. The fraction of sp³-hybridized carbons (Fsp3) is 0.450. The summed E-state index contributed by atoms with van der Waals surface area (Å²) in [7, 11) is 0. The molecule has 26 heavy (non-hydrogen) atoms. The lowest BCUT2D eigenvalue weighted by Crippen LogP contribution is -2.45. The molecule has 0 fully saturated rings. The number of aromatic nitrogens is 2. The first-order valence-electron chi connectivity index (χ1n) is 9.04. The van der Waals surface area contributed by atoms with Crippen LogP contribution in [0.25, 0.3) is 11.3 Å². The summed E-state index contributed by atoms with van der Waals surface area (Å²) < 4.78 is 0. The Morgan fingerprint density at radius 3 is 2.38 bits per heavy atom. The summed E-state index contributed by atoms with van der Waals surface area (Å²) in [6, 6.07) is 8.53. The Morgan fingerprint density at radius 1 is 1.19 bits per heavy atom. The number of hydrogen-bond acceptors (Lipinski definition) is 3. The lowest BCUT2D eigenvalue weighted by atomic mass is 9.90. The van der Waals surface area contributed by atoms with E-state index in [0.717, 1.165) is 29.7 Å². The number of nitrogens with zero attached hydrogens (tertiary/aromatic N) is 1. The zero-order chi connectivity index (χ0) is 19.1. The molecule has 6 nitrogen and oxygen atoms in total. The number of rotatable bonds is 9. The van der Waals surface area contributed by atoms with Crippen molar-refractivity contribution in [1.29, 1.82) is 0 Å². The van der Waals surface area contributed by atoms with Crippen molar-refractivity contribution in [3.05, 3.63) is 42.1 Å². The molecule has 0 aliphatic carbocycles. The number of aromatic amines is 1. The van der Waals surface area contributed by atoms with Crippen molar-refractivity contribution < 1.29 is 14.7 Å². The summed E-state index contributed by atoms with van der Waals surface area (Å²) >= 11 is 0. The third kappa shape index (κ3) is 5.18. The topological polar surface area (TPSA) is 95.1 Å². The van der Waals surface area contributed by atoms with Crippen molar-refractivity contribution >= 4 is 11.9 Å². The van der Waals surface area contributed by atoms with Gasteiger partial charge in [-0.3, -0.25) is 9.89 Å². The Labute approximate surface area is 154 Å². The first kappa shape index (κ1) is 19.7. The van der Waals surface area contributed by atoms with Crippen LogP contribution in [0.5, 0.6) is 0 Å². The molecule has 0 saturated heterocycles. The van der Waals surface area contributed by atoms with Crippen molar-refractivity contribution in [2.24, 2.45) is 11.8 Å². The van der Waals surface area contributed by atoms with Crippen LogP contribution < -0.4 is 5.32 Å². The predicted molar refractivity (Wildman–Crippen MR) is 101 cm³/mol. The van der Waals surface area contributed by atoms with E-state index in [1.165, 1.54) is 0 Å². The standard InChI is InChI=1S/C20H27N3O3/c1-4-5-16(13(2)3)19(24)22-18(20(25)26)12-14-6-8-15(9-7-14)17-10-11-21-23-17/h6-11,13,16,18H,4-5,12H2,1-3H3,(H,21,23)(H,22,24)(H,25,26)/t16-,18-/m0/s1. The zero-order valence-electron chi connectivity index (χ0n) is 15.5. The van der Waals surface area contributed by atoms with Gasteiger partial charge in [0.15, 0.2) is 0 Å². The molecule has 6 heteroatoms. The lowest BCUT2D eigenvalue weighted by molar-refractivity contribution is -0.142. The molecule has 0 bridgehead atoms. The first-order valence-corrected chi connectivity index (χ1v) is 9.04. The van der Waals surface area contributed by atoms with Crippen LogP contribution in [0.15, 0.2) is 36.5 Å². The van der Waals surface area contributed by atoms with Crippen molar-refractivity contribution in [2.45, 2.75) is 46.1 Å². The van der Waals surface area contributed by atoms with E-state index in [9.17, 15) is 14.7 Å². The Bertz CT molecular complexity index is 708. The largest absolute Gasteiger partial charge is 0.480 e. The fourth-order valence-electron chi connectivity index (χ4n) is 3.03. The molecule has 1 amide bonds. The minimum atomic E-state index is -1.02. The normalized spacial score (nSPS) is 13.4. The number of amides is 1. The van der Waals surface area contributed by atoms with Crippen LogP contribution in [-0.2, 0) is 16.0 Å². The highest BCUT2D eigenvalue weighted by Crippen LogP contribution is 2.19. The number of aliphatic carboxylic acids is 1. The van der Waals surface area contributed by atoms with E-state index in [-0.39, 0.29) is 24.2 Å². The number of hydrogen-bond donors (Lipinski definition) is 3. The minimum absolute atomic E-state index is 0.162. The van der Waals surface area contributed by atoms with Gasteiger partial charge in [-0.2, -0.15) is 5.10 Å². The van der Waals surface area contributed by atoms with Gasteiger partial charge in [0.2, 0.25) is 5.91 Å². The Kier molecular flexibility index (Phi) is 6.95. The highest BCUT2D eigenvalue weighted by atomic mass is 16.4. The third-order valence-electron chi connectivity index (χ3n) is 4.56. The van der Waals surface area contributed by atoms with Gasteiger partial charge in [-0.25, -0.2) is 4.79 Å². The molecule has 0 saturated carbocycles. The molecule has 140 valence electrons. The molecule has 2 atom stereocenters. The van der Waals surface area contributed by atoms with Crippen LogP contribution in [0.3, 0.4) is 0 Å². The molecule has 0 aliphatic rings. The van der Waals surface area contributed by atoms with Crippen molar-refractivity contribution in [2.75, 3.05) is 0 Å². The van der Waals surface area contributed by atoms with Crippen LogP contribution in [0.4, 0.5) is 0 Å². The average molecular weight is 357 g/mol. The van der Waals surface area contributed by atoms with Gasteiger partial charge in [-0.15, -0.1) is 0 Å². The third-order valence-corrected chi connectivity index (χ3v) is 4.56. The number of carboxylic acids is 1. The lowest BCUT2D eigenvalue weighted by Gasteiger charge is -2.22. The summed E-state index contributed by atoms with van der Waals surface area (Å²) in [6.45, 7) is 6.01. The molecule has 2 aromatic rings. The van der Waals surface area contributed by atoms with Crippen LogP contribution in [-0.4, -0.2) is 33.2 Å². The van der Waals surface area contributed by atoms with E-state index >= 15 is 0 Å². The van der Waals surface area contributed by atoms with Crippen LogP contribution >= 0.6 is 0 Å². The van der Waals surface area contributed by atoms with Gasteiger partial charge < -0.3 is 10.4 Å². The number of carbonyl (C=O) groups is 2. The molecule has 0 aliphatic heterocycles. The van der Waals surface area contributed by atoms with E-state index in [1.54, 1.807) is 6.20 Å². The number of carboxylic acid groups (broad SMARTS) is 1. The molecule has 0 radical (unpaired) electrons. The number of benzene rings is 1. The maximum absolute atomic E-state index is 12.5. The molecular formula is C20H27N3O3. The van der Waals surface area contributed by atoms with Crippen LogP contribution in [0.2, 0.25) is 0 Å². The molecule has 1 aromatic carbocycles. The van der Waals surface area contributed by atoms with Gasteiger partial charge in [-0.1, -0.05) is 51.5 Å². The monoisotopic (exact) mass is 357 g/mol. The van der Waals surface area contributed by atoms with Gasteiger partial charge in [0.1, 0.15) is 6.04 Å². The van der Waals surface area contributed by atoms with Gasteiger partial charge in [0.05, 0.1) is 5.69 Å². The van der Waals surface area contributed by atoms with Gasteiger partial charge in [0.25, 0.3) is 0 Å². The van der Waals surface area contributed by atoms with Gasteiger partial charge in [-0.05, 0) is 29.5 Å². The SMILES string of the molecule is CCC[C@H](C(=O)N[C@@H](Cc1ccc(-c2ccn[nH]2)cc1)C(=O)O)C(C)C. The second-order valence-corrected chi connectivity index (χ2v) is 6.91. The summed E-state index contributed by atoms with van der Waals surface area (Å²) in [5.74, 6) is -1.18. The summed E-state index contributed by atoms with van der Waals surface area (Å²) in [5.41, 5.74) is 2.74. The molecule has 1 heterocycles. The molecule has 0 spiro atoms. The highest BCUT2D eigenvalue weighted by molar-refractivity contribution is 5.85. The zero-order valence-corrected chi connectivity index (χ0v) is 15.5. The first-order chi connectivity index (χ1) is 12.4. The van der Waals surface area contributed by atoms with Crippen molar-refractivity contribution in [3.8, 4) is 11.3 Å². The van der Waals surface area contributed by atoms with E-state index in [2.05, 4.69) is 15.5 Å². The maximum Gasteiger partial charge on any atom is 0.326 e. The minimum Gasteiger partial charge on any atom is -0.480 e. The number of carbonyl (C=O) groups excluding carboxylic acids is 1. The Hall–Kier alpha value is -2.63. The second kappa shape index (κ2) is 9.17. The smallest absolute Gasteiger partial charge is 0.326 e. The molecular weight excluding hydrogens is 330 g/mol. The van der Waals surface area contributed by atoms with Crippen LogP contribution in [0, 0.1) is 11.8 Å². The molecule has 0 unspecified atom stereocenters. The fourth-order valence-corrected chi connectivity index (χ4v) is 3.03. The van der Waals surface area contributed by atoms with E-state index in [0.29, 0.717) is 0 Å². The molecule has 2 rings (SSSR count). The molecule has 3 N–H and O–H groups in total. The van der Waals surface area contributed by atoms with Crippen LogP contribution in [0.1, 0.15) is 39.2 Å². The molecule has 1 aromatic heterocycles.